The first-order valence-corrected chi connectivity index (χ1v) is 8.86. The molecule has 1 aromatic heterocycles. The SMILES string of the molecule is Cc1ccc(NC(=O)C2CCCCN2C(=O)c2cccs2)cc1F. The molecule has 0 saturated carbocycles. The summed E-state index contributed by atoms with van der Waals surface area (Å²) >= 11 is 1.37. The van der Waals surface area contributed by atoms with Crippen LogP contribution in [-0.2, 0) is 4.79 Å². The molecule has 2 aromatic rings. The summed E-state index contributed by atoms with van der Waals surface area (Å²) in [5, 5.41) is 4.59. The Labute approximate surface area is 144 Å². The van der Waals surface area contributed by atoms with E-state index in [1.165, 1.54) is 17.4 Å². The molecule has 2 amide bonds. The predicted octanol–water partition coefficient (Wildman–Crippen LogP) is 3.83. The molecule has 3 rings (SSSR count). The second kappa shape index (κ2) is 7.13. The molecule has 1 aromatic carbocycles. The van der Waals surface area contributed by atoms with Crippen LogP contribution in [0.15, 0.2) is 35.7 Å². The summed E-state index contributed by atoms with van der Waals surface area (Å²) < 4.78 is 13.6. The summed E-state index contributed by atoms with van der Waals surface area (Å²) in [6, 6.07) is 7.68. The van der Waals surface area contributed by atoms with E-state index < -0.39 is 6.04 Å². The number of carbonyl (C=O) groups is 2. The van der Waals surface area contributed by atoms with Crippen LogP contribution in [0, 0.1) is 12.7 Å². The quantitative estimate of drug-likeness (QED) is 0.918. The maximum absolute atomic E-state index is 13.6. The van der Waals surface area contributed by atoms with Gasteiger partial charge >= 0.3 is 0 Å². The Morgan fingerprint density at radius 3 is 2.83 bits per heavy atom. The van der Waals surface area contributed by atoms with E-state index in [2.05, 4.69) is 5.32 Å². The van der Waals surface area contributed by atoms with Crippen molar-refractivity contribution in [3.63, 3.8) is 0 Å². The summed E-state index contributed by atoms with van der Waals surface area (Å²) in [5.74, 6) is -0.731. The van der Waals surface area contributed by atoms with Crippen LogP contribution in [-0.4, -0.2) is 29.3 Å². The van der Waals surface area contributed by atoms with Gasteiger partial charge in [0, 0.05) is 12.2 Å². The molecule has 1 atom stereocenters. The molecular weight excluding hydrogens is 327 g/mol. The van der Waals surface area contributed by atoms with E-state index in [1.807, 2.05) is 11.4 Å². The number of piperidine rings is 1. The van der Waals surface area contributed by atoms with Crippen molar-refractivity contribution in [2.75, 3.05) is 11.9 Å². The van der Waals surface area contributed by atoms with Gasteiger partial charge in [-0.2, -0.15) is 0 Å². The fourth-order valence-electron chi connectivity index (χ4n) is 2.89. The van der Waals surface area contributed by atoms with Gasteiger partial charge in [0.1, 0.15) is 11.9 Å². The third-order valence-corrected chi connectivity index (χ3v) is 5.10. The number of likely N-dealkylation sites (tertiary alicyclic amines) is 1. The Kier molecular flexibility index (Phi) is 4.94. The number of halogens is 1. The average molecular weight is 346 g/mol. The Morgan fingerprint density at radius 1 is 1.29 bits per heavy atom. The molecule has 1 unspecified atom stereocenters. The highest BCUT2D eigenvalue weighted by molar-refractivity contribution is 7.12. The van der Waals surface area contributed by atoms with Crippen molar-refractivity contribution in [1.82, 2.24) is 4.90 Å². The van der Waals surface area contributed by atoms with Gasteiger partial charge in [-0.1, -0.05) is 12.1 Å². The summed E-state index contributed by atoms with van der Waals surface area (Å²) in [4.78, 5) is 27.5. The fraction of sp³-hybridized carbons (Fsp3) is 0.333. The molecule has 1 saturated heterocycles. The van der Waals surface area contributed by atoms with Gasteiger partial charge in [-0.05, 0) is 55.3 Å². The van der Waals surface area contributed by atoms with E-state index in [1.54, 1.807) is 30.0 Å². The monoisotopic (exact) mass is 346 g/mol. The zero-order valence-electron chi connectivity index (χ0n) is 13.4. The molecule has 6 heteroatoms. The van der Waals surface area contributed by atoms with Crippen molar-refractivity contribution in [3.05, 3.63) is 52.0 Å². The Bertz CT molecular complexity index is 745. The first kappa shape index (κ1) is 16.6. The van der Waals surface area contributed by atoms with Crippen LogP contribution in [0.25, 0.3) is 0 Å². The molecule has 4 nitrogen and oxygen atoms in total. The molecule has 0 bridgehead atoms. The molecule has 1 aliphatic heterocycles. The van der Waals surface area contributed by atoms with Gasteiger partial charge in [0.05, 0.1) is 4.88 Å². The van der Waals surface area contributed by atoms with Gasteiger partial charge in [-0.3, -0.25) is 9.59 Å². The number of carbonyl (C=O) groups excluding carboxylic acids is 2. The second-order valence-electron chi connectivity index (χ2n) is 5.94. The molecule has 2 heterocycles. The predicted molar refractivity (Wildman–Crippen MR) is 92.8 cm³/mol. The molecule has 0 radical (unpaired) electrons. The lowest BCUT2D eigenvalue weighted by Crippen LogP contribution is -2.49. The van der Waals surface area contributed by atoms with Crippen LogP contribution in [0.5, 0.6) is 0 Å². The number of benzene rings is 1. The number of aryl methyl sites for hydroxylation is 1. The topological polar surface area (TPSA) is 49.4 Å². The first-order valence-electron chi connectivity index (χ1n) is 7.98. The normalized spacial score (nSPS) is 17.6. The van der Waals surface area contributed by atoms with E-state index in [0.29, 0.717) is 29.1 Å². The van der Waals surface area contributed by atoms with Crippen LogP contribution in [0.4, 0.5) is 10.1 Å². The highest BCUT2D eigenvalue weighted by atomic mass is 32.1. The van der Waals surface area contributed by atoms with Crippen LogP contribution in [0.2, 0.25) is 0 Å². The highest BCUT2D eigenvalue weighted by Gasteiger charge is 2.33. The Morgan fingerprint density at radius 2 is 2.12 bits per heavy atom. The van der Waals surface area contributed by atoms with Crippen molar-refractivity contribution in [3.8, 4) is 0 Å². The highest BCUT2D eigenvalue weighted by Crippen LogP contribution is 2.23. The Hall–Kier alpha value is -2.21. The van der Waals surface area contributed by atoms with E-state index >= 15 is 0 Å². The van der Waals surface area contributed by atoms with Crippen LogP contribution >= 0.6 is 11.3 Å². The first-order chi connectivity index (χ1) is 11.6. The minimum atomic E-state index is -0.516. The lowest BCUT2D eigenvalue weighted by atomic mass is 10.0. The van der Waals surface area contributed by atoms with Crippen molar-refractivity contribution in [2.24, 2.45) is 0 Å². The van der Waals surface area contributed by atoms with E-state index in [4.69, 9.17) is 0 Å². The van der Waals surface area contributed by atoms with E-state index in [9.17, 15) is 14.0 Å². The van der Waals surface area contributed by atoms with Gasteiger partial charge in [-0.25, -0.2) is 4.39 Å². The number of hydrogen-bond acceptors (Lipinski definition) is 3. The van der Waals surface area contributed by atoms with Crippen molar-refractivity contribution in [2.45, 2.75) is 32.2 Å². The number of anilines is 1. The smallest absolute Gasteiger partial charge is 0.264 e. The van der Waals surface area contributed by atoms with E-state index in [0.717, 1.165) is 12.8 Å². The van der Waals surface area contributed by atoms with Gasteiger partial charge in [0.15, 0.2) is 0 Å². The van der Waals surface area contributed by atoms with Gasteiger partial charge in [-0.15, -0.1) is 11.3 Å². The van der Waals surface area contributed by atoms with Crippen molar-refractivity contribution >= 4 is 28.8 Å². The molecule has 1 aliphatic rings. The summed E-state index contributed by atoms with van der Waals surface area (Å²) in [5.41, 5.74) is 0.942. The molecule has 0 aliphatic carbocycles. The van der Waals surface area contributed by atoms with Crippen LogP contribution in [0.3, 0.4) is 0 Å². The number of nitrogens with one attached hydrogen (secondary N) is 1. The minimum absolute atomic E-state index is 0.111. The lowest BCUT2D eigenvalue weighted by Gasteiger charge is -2.34. The van der Waals surface area contributed by atoms with Gasteiger partial charge in [0.25, 0.3) is 5.91 Å². The van der Waals surface area contributed by atoms with Gasteiger partial charge < -0.3 is 10.2 Å². The number of amides is 2. The number of rotatable bonds is 3. The Balaban J connectivity index is 1.75. The van der Waals surface area contributed by atoms with Crippen LogP contribution in [0.1, 0.15) is 34.5 Å². The molecule has 126 valence electrons. The lowest BCUT2D eigenvalue weighted by molar-refractivity contribution is -0.121. The van der Waals surface area contributed by atoms with E-state index in [-0.39, 0.29) is 17.6 Å². The zero-order chi connectivity index (χ0) is 17.1. The number of thiophene rings is 1. The maximum atomic E-state index is 13.6. The molecule has 0 spiro atoms. The summed E-state index contributed by atoms with van der Waals surface area (Å²) in [6.07, 6.45) is 2.41. The zero-order valence-corrected chi connectivity index (χ0v) is 14.2. The largest absolute Gasteiger partial charge is 0.326 e. The third-order valence-electron chi connectivity index (χ3n) is 4.24. The number of hydrogen-bond donors (Lipinski definition) is 1. The summed E-state index contributed by atoms with van der Waals surface area (Å²) in [7, 11) is 0. The molecule has 24 heavy (non-hydrogen) atoms. The summed E-state index contributed by atoms with van der Waals surface area (Å²) in [6.45, 7) is 2.24. The third kappa shape index (κ3) is 3.48. The van der Waals surface area contributed by atoms with Crippen molar-refractivity contribution < 1.29 is 14.0 Å². The molecule has 1 N–H and O–H groups in total. The maximum Gasteiger partial charge on any atom is 0.264 e. The average Bonchev–Trinajstić information content (AvgIpc) is 3.12. The number of nitrogens with zero attached hydrogens (tertiary/aromatic N) is 1. The molecular formula is C18H19FN2O2S. The van der Waals surface area contributed by atoms with Gasteiger partial charge in [0.2, 0.25) is 5.91 Å². The molecule has 1 fully saturated rings. The second-order valence-corrected chi connectivity index (χ2v) is 6.89. The van der Waals surface area contributed by atoms with Crippen molar-refractivity contribution in [1.29, 1.82) is 0 Å². The minimum Gasteiger partial charge on any atom is -0.326 e. The van der Waals surface area contributed by atoms with Crippen LogP contribution < -0.4 is 5.32 Å². The standard InChI is InChI=1S/C18H19FN2O2S/c1-12-7-8-13(11-14(12)19)20-17(22)15-5-2-3-9-21(15)18(23)16-6-4-10-24-16/h4,6-8,10-11,15H,2-3,5,9H2,1H3,(H,20,22). The fourth-order valence-corrected chi connectivity index (χ4v) is 3.56.